The zero-order valence-corrected chi connectivity index (χ0v) is 14.3. The second-order valence-electron chi connectivity index (χ2n) is 5.77. The van der Waals surface area contributed by atoms with Crippen molar-refractivity contribution >= 4 is 28.4 Å². The number of rotatable bonds is 3. The normalized spacial score (nSPS) is 11.2. The maximum absolute atomic E-state index is 11.3. The number of carbonyl (C=O) groups excluding carboxylic acids is 1. The van der Waals surface area contributed by atoms with Gasteiger partial charge in [0.1, 0.15) is 5.58 Å². The predicted octanol–water partition coefficient (Wildman–Crippen LogP) is 5.31. The van der Waals surface area contributed by atoms with Crippen LogP contribution < -0.4 is 0 Å². The van der Waals surface area contributed by atoms with Crippen LogP contribution in [0.4, 0.5) is 0 Å². The highest BCUT2D eigenvalue weighted by Gasteiger charge is 2.17. The maximum Gasteiger partial charge on any atom is 0.293 e. The van der Waals surface area contributed by atoms with Crippen LogP contribution in [0.3, 0.4) is 0 Å². The molecule has 0 radical (unpaired) electrons. The van der Waals surface area contributed by atoms with E-state index in [1.54, 1.807) is 30.3 Å². The van der Waals surface area contributed by atoms with Gasteiger partial charge in [-0.15, -0.1) is 0 Å². The van der Waals surface area contributed by atoms with Crippen LogP contribution in [0, 0.1) is 6.92 Å². The van der Waals surface area contributed by atoms with Gasteiger partial charge in [-0.25, -0.2) is 0 Å². The van der Waals surface area contributed by atoms with Crippen LogP contribution in [-0.4, -0.2) is 15.9 Å². The van der Waals surface area contributed by atoms with Crippen LogP contribution in [0.25, 0.3) is 34.0 Å². The predicted molar refractivity (Wildman–Crippen MR) is 94.7 cm³/mol. The number of carbonyl (C=O) groups is 1. The molecule has 2 aromatic carbocycles. The molecule has 0 spiro atoms. The molecule has 4 rings (SSSR count). The summed E-state index contributed by atoms with van der Waals surface area (Å²) in [6.07, 6.45) is 0. The number of aryl methyl sites for hydroxylation is 1. The fourth-order valence-corrected chi connectivity index (χ4v) is 2.83. The quantitative estimate of drug-likeness (QED) is 0.467. The standard InChI is InChI=1S/C19H13ClN2O3/c1-10-3-8-15(20)14-9-16(24-17(10)14)19-21-18(22-25-19)13-6-4-12(5-7-13)11(2)23/h3-9H,1-2H3. The fourth-order valence-electron chi connectivity index (χ4n) is 2.63. The molecule has 0 aliphatic rings. The van der Waals surface area contributed by atoms with Crippen molar-refractivity contribution in [2.24, 2.45) is 0 Å². The lowest BCUT2D eigenvalue weighted by atomic mass is 10.1. The number of benzene rings is 2. The summed E-state index contributed by atoms with van der Waals surface area (Å²) in [5.41, 5.74) is 3.07. The molecule has 2 heterocycles. The molecule has 6 heteroatoms. The molecule has 0 fully saturated rings. The van der Waals surface area contributed by atoms with Crippen LogP contribution in [0.1, 0.15) is 22.8 Å². The number of ketones is 1. The number of fused-ring (bicyclic) bond motifs is 1. The number of aromatic nitrogens is 2. The number of halogens is 1. The first kappa shape index (κ1) is 15.6. The van der Waals surface area contributed by atoms with E-state index in [1.807, 2.05) is 19.1 Å². The van der Waals surface area contributed by atoms with E-state index < -0.39 is 0 Å². The SMILES string of the molecule is CC(=O)c1ccc(-c2noc(-c3cc4c(Cl)ccc(C)c4o3)n2)cc1. The van der Waals surface area contributed by atoms with Gasteiger partial charge in [-0.05, 0) is 31.5 Å². The summed E-state index contributed by atoms with van der Waals surface area (Å²) in [5, 5.41) is 5.40. The monoisotopic (exact) mass is 352 g/mol. The number of hydrogen-bond acceptors (Lipinski definition) is 5. The summed E-state index contributed by atoms with van der Waals surface area (Å²) in [7, 11) is 0. The minimum absolute atomic E-state index is 0.00914. The molecule has 5 nitrogen and oxygen atoms in total. The van der Waals surface area contributed by atoms with Gasteiger partial charge < -0.3 is 8.94 Å². The van der Waals surface area contributed by atoms with Crippen LogP contribution in [0.2, 0.25) is 5.02 Å². The maximum atomic E-state index is 11.3. The first-order valence-electron chi connectivity index (χ1n) is 7.67. The Hall–Kier alpha value is -2.92. The van der Waals surface area contributed by atoms with Crippen molar-refractivity contribution in [1.82, 2.24) is 10.1 Å². The summed E-state index contributed by atoms with van der Waals surface area (Å²) in [6.45, 7) is 3.47. The Bertz CT molecular complexity index is 1050. The van der Waals surface area contributed by atoms with E-state index >= 15 is 0 Å². The third-order valence-electron chi connectivity index (χ3n) is 4.01. The van der Waals surface area contributed by atoms with Gasteiger partial charge in [-0.3, -0.25) is 4.79 Å². The van der Waals surface area contributed by atoms with E-state index in [0.29, 0.717) is 27.8 Å². The van der Waals surface area contributed by atoms with Crippen molar-refractivity contribution in [2.75, 3.05) is 0 Å². The van der Waals surface area contributed by atoms with E-state index in [0.717, 1.165) is 16.5 Å². The highest BCUT2D eigenvalue weighted by atomic mass is 35.5. The number of hydrogen-bond donors (Lipinski definition) is 0. The molecule has 0 amide bonds. The average molecular weight is 353 g/mol. The Morgan fingerprint density at radius 3 is 2.56 bits per heavy atom. The topological polar surface area (TPSA) is 69.1 Å². The lowest BCUT2D eigenvalue weighted by Gasteiger charge is -1.96. The van der Waals surface area contributed by atoms with Crippen molar-refractivity contribution in [1.29, 1.82) is 0 Å². The Morgan fingerprint density at radius 2 is 1.88 bits per heavy atom. The number of Topliss-reactive ketones (excluding diaryl/α,β-unsaturated/α-hetero) is 1. The summed E-state index contributed by atoms with van der Waals surface area (Å²) in [6, 6.07) is 12.6. The van der Waals surface area contributed by atoms with Gasteiger partial charge in [-0.1, -0.05) is 47.1 Å². The van der Waals surface area contributed by atoms with Gasteiger partial charge in [0.15, 0.2) is 11.5 Å². The second kappa shape index (κ2) is 5.86. The van der Waals surface area contributed by atoms with Crippen molar-refractivity contribution in [3.63, 3.8) is 0 Å². The lowest BCUT2D eigenvalue weighted by molar-refractivity contribution is 0.101. The van der Waals surface area contributed by atoms with Gasteiger partial charge in [0, 0.05) is 16.5 Å². The molecular weight excluding hydrogens is 340 g/mol. The molecule has 0 N–H and O–H groups in total. The Morgan fingerprint density at radius 1 is 1.12 bits per heavy atom. The van der Waals surface area contributed by atoms with Gasteiger partial charge in [0.25, 0.3) is 5.89 Å². The molecule has 25 heavy (non-hydrogen) atoms. The summed E-state index contributed by atoms with van der Waals surface area (Å²) in [5.74, 6) is 1.17. The third-order valence-corrected chi connectivity index (χ3v) is 4.34. The highest BCUT2D eigenvalue weighted by Crippen LogP contribution is 2.34. The van der Waals surface area contributed by atoms with Gasteiger partial charge >= 0.3 is 0 Å². The number of nitrogens with zero attached hydrogens (tertiary/aromatic N) is 2. The van der Waals surface area contributed by atoms with Crippen LogP contribution in [0.15, 0.2) is 51.4 Å². The van der Waals surface area contributed by atoms with Crippen LogP contribution in [-0.2, 0) is 0 Å². The van der Waals surface area contributed by atoms with Gasteiger partial charge in [0.2, 0.25) is 5.82 Å². The largest absolute Gasteiger partial charge is 0.451 e. The zero-order valence-electron chi connectivity index (χ0n) is 13.5. The summed E-state index contributed by atoms with van der Waals surface area (Å²) in [4.78, 5) is 15.7. The molecule has 124 valence electrons. The summed E-state index contributed by atoms with van der Waals surface area (Å²) < 4.78 is 11.2. The van der Waals surface area contributed by atoms with E-state index in [-0.39, 0.29) is 11.7 Å². The Kier molecular flexibility index (Phi) is 3.66. The molecule has 0 unspecified atom stereocenters. The molecule has 2 aromatic heterocycles. The van der Waals surface area contributed by atoms with Crippen molar-refractivity contribution in [3.05, 3.63) is 58.6 Å². The Labute approximate surface area is 148 Å². The number of furan rings is 1. The molecule has 0 bridgehead atoms. The van der Waals surface area contributed by atoms with E-state index in [9.17, 15) is 4.79 Å². The van der Waals surface area contributed by atoms with E-state index in [1.165, 1.54) is 6.92 Å². The molecule has 0 saturated heterocycles. The molecule has 0 aliphatic carbocycles. The van der Waals surface area contributed by atoms with E-state index in [4.69, 9.17) is 20.5 Å². The smallest absolute Gasteiger partial charge is 0.293 e. The fraction of sp³-hybridized carbons (Fsp3) is 0.105. The minimum atomic E-state index is 0.00914. The Balaban J connectivity index is 1.73. The van der Waals surface area contributed by atoms with Crippen molar-refractivity contribution < 1.29 is 13.7 Å². The molecule has 0 atom stereocenters. The van der Waals surface area contributed by atoms with Gasteiger partial charge in [-0.2, -0.15) is 4.98 Å². The van der Waals surface area contributed by atoms with Gasteiger partial charge in [0.05, 0.1) is 5.02 Å². The first-order valence-corrected chi connectivity index (χ1v) is 8.05. The van der Waals surface area contributed by atoms with Crippen molar-refractivity contribution in [2.45, 2.75) is 13.8 Å². The average Bonchev–Trinajstić information content (AvgIpc) is 3.26. The molecule has 0 saturated carbocycles. The minimum Gasteiger partial charge on any atom is -0.451 e. The third kappa shape index (κ3) is 2.72. The first-order chi connectivity index (χ1) is 12.0. The summed E-state index contributed by atoms with van der Waals surface area (Å²) >= 11 is 6.22. The zero-order chi connectivity index (χ0) is 17.6. The molecule has 4 aromatic rings. The van der Waals surface area contributed by atoms with Crippen molar-refractivity contribution in [3.8, 4) is 23.0 Å². The van der Waals surface area contributed by atoms with Crippen LogP contribution >= 0.6 is 11.6 Å². The van der Waals surface area contributed by atoms with E-state index in [2.05, 4.69) is 10.1 Å². The molecular formula is C19H13ClN2O3. The molecule has 0 aliphatic heterocycles. The second-order valence-corrected chi connectivity index (χ2v) is 6.18. The highest BCUT2D eigenvalue weighted by molar-refractivity contribution is 6.35. The van der Waals surface area contributed by atoms with Crippen LogP contribution in [0.5, 0.6) is 0 Å². The lowest BCUT2D eigenvalue weighted by Crippen LogP contribution is -1.91.